The molecule has 3 aromatic heterocycles. The highest BCUT2D eigenvalue weighted by molar-refractivity contribution is 7.98. The van der Waals surface area contributed by atoms with Crippen LogP contribution in [-0.4, -0.2) is 28.7 Å². The molecule has 0 radical (unpaired) electrons. The van der Waals surface area contributed by atoms with Crippen LogP contribution in [0.25, 0.3) is 22.4 Å². The van der Waals surface area contributed by atoms with Crippen LogP contribution in [0.4, 0.5) is 0 Å². The monoisotopic (exact) mass is 444 g/mol. The summed E-state index contributed by atoms with van der Waals surface area (Å²) in [6.45, 7) is 6.88. The molecule has 0 saturated carbocycles. The summed E-state index contributed by atoms with van der Waals surface area (Å²) in [5.74, 6) is 2.34. The summed E-state index contributed by atoms with van der Waals surface area (Å²) in [7, 11) is 0. The van der Waals surface area contributed by atoms with Crippen molar-refractivity contribution < 1.29 is 0 Å². The lowest BCUT2D eigenvalue weighted by molar-refractivity contribution is 0.735. The quantitative estimate of drug-likeness (QED) is 0.356. The molecule has 0 spiro atoms. The number of nitrogens with zero attached hydrogens (tertiary/aromatic N) is 6. The van der Waals surface area contributed by atoms with Gasteiger partial charge in [0, 0.05) is 18.9 Å². The van der Waals surface area contributed by atoms with E-state index < -0.39 is 0 Å². The molecule has 5 rings (SSSR count). The van der Waals surface area contributed by atoms with Gasteiger partial charge in [0.25, 0.3) is 5.56 Å². The molecular formula is C24H24N6OS. The molecule has 0 bridgehead atoms. The SMILES string of the molecule is CCn1c(=O)c2ccccc2n2c(CSc3nccn3-c3ccccc3C(C)C)nnc12. The van der Waals surface area contributed by atoms with Gasteiger partial charge in [-0.1, -0.05) is 55.9 Å². The molecule has 2 aromatic carbocycles. The maximum atomic E-state index is 12.9. The van der Waals surface area contributed by atoms with Crippen LogP contribution < -0.4 is 5.56 Å². The number of imidazole rings is 1. The third-order valence-electron chi connectivity index (χ3n) is 5.65. The van der Waals surface area contributed by atoms with Gasteiger partial charge in [0.05, 0.1) is 22.3 Å². The van der Waals surface area contributed by atoms with Crippen LogP contribution in [0, 0.1) is 0 Å². The Labute approximate surface area is 189 Å². The van der Waals surface area contributed by atoms with Crippen molar-refractivity contribution in [3.63, 3.8) is 0 Å². The van der Waals surface area contributed by atoms with Crippen molar-refractivity contribution in [3.05, 3.63) is 82.7 Å². The summed E-state index contributed by atoms with van der Waals surface area (Å²) in [6, 6.07) is 16.0. The summed E-state index contributed by atoms with van der Waals surface area (Å²) in [6.07, 6.45) is 3.82. The van der Waals surface area contributed by atoms with E-state index in [4.69, 9.17) is 0 Å². The predicted molar refractivity (Wildman–Crippen MR) is 128 cm³/mol. The van der Waals surface area contributed by atoms with Gasteiger partial charge in [-0.15, -0.1) is 10.2 Å². The molecule has 0 saturated heterocycles. The normalized spacial score (nSPS) is 11.8. The second-order valence-electron chi connectivity index (χ2n) is 7.90. The van der Waals surface area contributed by atoms with E-state index in [-0.39, 0.29) is 5.56 Å². The van der Waals surface area contributed by atoms with Crippen molar-refractivity contribution >= 4 is 28.4 Å². The average Bonchev–Trinajstić information content (AvgIpc) is 3.45. The van der Waals surface area contributed by atoms with Gasteiger partial charge in [-0.3, -0.25) is 18.3 Å². The summed E-state index contributed by atoms with van der Waals surface area (Å²) >= 11 is 1.61. The van der Waals surface area contributed by atoms with Gasteiger partial charge in [0.2, 0.25) is 5.78 Å². The number of thioether (sulfide) groups is 1. The van der Waals surface area contributed by atoms with Gasteiger partial charge in [-0.25, -0.2) is 4.98 Å². The Balaban J connectivity index is 1.56. The van der Waals surface area contributed by atoms with Crippen LogP contribution in [0.2, 0.25) is 0 Å². The van der Waals surface area contributed by atoms with Crippen LogP contribution >= 0.6 is 11.8 Å². The molecule has 7 nitrogen and oxygen atoms in total. The van der Waals surface area contributed by atoms with Gasteiger partial charge in [0.1, 0.15) is 5.82 Å². The number of para-hydroxylation sites is 2. The molecule has 0 fully saturated rings. The number of hydrogen-bond donors (Lipinski definition) is 0. The minimum atomic E-state index is -0.0389. The van der Waals surface area contributed by atoms with Crippen LogP contribution in [-0.2, 0) is 12.3 Å². The Kier molecular flexibility index (Phi) is 5.30. The number of aromatic nitrogens is 6. The fourth-order valence-electron chi connectivity index (χ4n) is 4.10. The number of fused-ring (bicyclic) bond motifs is 3. The third-order valence-corrected chi connectivity index (χ3v) is 6.61. The summed E-state index contributed by atoms with van der Waals surface area (Å²) in [5, 5.41) is 10.4. The standard InChI is InChI=1S/C24H24N6OS/c1-4-28-22(31)18-10-6-8-12-20(18)30-21(26-27-23(28)30)15-32-24-25-13-14-29(24)19-11-7-5-9-17(19)16(2)3/h5-14,16H,4,15H2,1-3H3. The third kappa shape index (κ3) is 3.31. The Bertz CT molecular complexity index is 1480. The molecule has 0 unspecified atom stereocenters. The molecule has 0 aliphatic rings. The number of rotatable bonds is 6. The first kappa shape index (κ1) is 20.5. The summed E-state index contributed by atoms with van der Waals surface area (Å²) < 4.78 is 5.79. The first-order valence-electron chi connectivity index (χ1n) is 10.7. The Morgan fingerprint density at radius 2 is 1.81 bits per heavy atom. The highest BCUT2D eigenvalue weighted by Crippen LogP contribution is 2.29. The first-order chi connectivity index (χ1) is 15.6. The van der Waals surface area contributed by atoms with Gasteiger partial charge >= 0.3 is 0 Å². The molecule has 0 amide bonds. The second-order valence-corrected chi connectivity index (χ2v) is 8.84. The van der Waals surface area contributed by atoms with Gasteiger partial charge in [-0.05, 0) is 36.6 Å². The van der Waals surface area contributed by atoms with Crippen LogP contribution in [0.3, 0.4) is 0 Å². The molecule has 8 heteroatoms. The molecule has 0 atom stereocenters. The Morgan fingerprint density at radius 1 is 1.03 bits per heavy atom. The second kappa shape index (κ2) is 8.27. The summed E-state index contributed by atoms with van der Waals surface area (Å²) in [4.78, 5) is 17.5. The Morgan fingerprint density at radius 3 is 2.62 bits per heavy atom. The zero-order valence-corrected chi connectivity index (χ0v) is 19.1. The molecule has 162 valence electrons. The van der Waals surface area contributed by atoms with Crippen molar-refractivity contribution in [1.29, 1.82) is 0 Å². The zero-order chi connectivity index (χ0) is 22.2. The van der Waals surface area contributed by atoms with Crippen LogP contribution in [0.1, 0.15) is 38.1 Å². The molecule has 3 heterocycles. The van der Waals surface area contributed by atoms with E-state index in [0.29, 0.717) is 29.4 Å². The largest absolute Gasteiger partial charge is 0.295 e. The maximum Gasteiger partial charge on any atom is 0.262 e. The van der Waals surface area contributed by atoms with Crippen molar-refractivity contribution in [1.82, 2.24) is 28.7 Å². The summed E-state index contributed by atoms with van der Waals surface area (Å²) in [5.41, 5.74) is 3.20. The van der Waals surface area contributed by atoms with E-state index in [2.05, 4.69) is 57.9 Å². The van der Waals surface area contributed by atoms with Gasteiger partial charge < -0.3 is 0 Å². The molecular weight excluding hydrogens is 420 g/mol. The zero-order valence-electron chi connectivity index (χ0n) is 18.3. The van der Waals surface area contributed by atoms with Crippen molar-refractivity contribution in [3.8, 4) is 5.69 Å². The van der Waals surface area contributed by atoms with E-state index in [1.54, 1.807) is 16.3 Å². The van der Waals surface area contributed by atoms with E-state index in [1.807, 2.05) is 48.0 Å². The lowest BCUT2D eigenvalue weighted by atomic mass is 10.0. The molecule has 5 aromatic rings. The molecule has 32 heavy (non-hydrogen) atoms. The van der Waals surface area contributed by atoms with E-state index in [1.165, 1.54) is 5.56 Å². The van der Waals surface area contributed by atoms with Crippen LogP contribution in [0.5, 0.6) is 0 Å². The highest BCUT2D eigenvalue weighted by atomic mass is 32.2. The van der Waals surface area contributed by atoms with Gasteiger partial charge in [0.15, 0.2) is 5.16 Å². The van der Waals surface area contributed by atoms with Crippen molar-refractivity contribution in [2.24, 2.45) is 0 Å². The lowest BCUT2D eigenvalue weighted by Gasteiger charge is -2.15. The van der Waals surface area contributed by atoms with Crippen LogP contribution in [0.15, 0.2) is 70.9 Å². The van der Waals surface area contributed by atoms with E-state index in [9.17, 15) is 4.79 Å². The smallest absolute Gasteiger partial charge is 0.262 e. The number of hydrogen-bond acceptors (Lipinski definition) is 5. The fourth-order valence-corrected chi connectivity index (χ4v) is 4.98. The number of benzene rings is 2. The highest BCUT2D eigenvalue weighted by Gasteiger charge is 2.17. The van der Waals surface area contributed by atoms with Crippen molar-refractivity contribution in [2.45, 2.75) is 44.1 Å². The number of aryl methyl sites for hydroxylation is 1. The molecule has 0 aliphatic carbocycles. The minimum absolute atomic E-state index is 0.0389. The van der Waals surface area contributed by atoms with E-state index in [0.717, 1.165) is 22.2 Å². The van der Waals surface area contributed by atoms with E-state index >= 15 is 0 Å². The molecule has 0 N–H and O–H groups in total. The van der Waals surface area contributed by atoms with Gasteiger partial charge in [-0.2, -0.15) is 0 Å². The Hall–Kier alpha value is -3.39. The van der Waals surface area contributed by atoms with Crippen molar-refractivity contribution in [2.75, 3.05) is 0 Å². The lowest BCUT2D eigenvalue weighted by Crippen LogP contribution is -2.22. The predicted octanol–water partition coefficient (Wildman–Crippen LogP) is 4.67. The maximum absolute atomic E-state index is 12.9. The fraction of sp³-hybridized carbons (Fsp3) is 0.250. The minimum Gasteiger partial charge on any atom is -0.295 e. The molecule has 0 aliphatic heterocycles. The average molecular weight is 445 g/mol. The topological polar surface area (TPSA) is 70.0 Å². The first-order valence-corrected chi connectivity index (χ1v) is 11.7.